The summed E-state index contributed by atoms with van der Waals surface area (Å²) in [5, 5.41) is 0. The van der Waals surface area contributed by atoms with Crippen molar-refractivity contribution in [2.24, 2.45) is 0 Å². The summed E-state index contributed by atoms with van der Waals surface area (Å²) < 4.78 is 10.1. The maximum atomic E-state index is 11.3. The Morgan fingerprint density at radius 1 is 1.54 bits per heavy atom. The topological polar surface area (TPSA) is 38.8 Å². The zero-order chi connectivity index (χ0) is 9.84. The number of ether oxygens (including phenoxy) is 2. The zero-order valence-corrected chi connectivity index (χ0v) is 8.58. The molecule has 0 unspecified atom stereocenters. The molecule has 2 atom stereocenters. The smallest absolute Gasteiger partial charge is 0.411 e. The van der Waals surface area contributed by atoms with Crippen molar-refractivity contribution in [1.82, 2.24) is 4.90 Å². The highest BCUT2D eigenvalue weighted by Gasteiger charge is 2.26. The van der Waals surface area contributed by atoms with Gasteiger partial charge < -0.3 is 14.4 Å². The first-order chi connectivity index (χ1) is 6.13. The van der Waals surface area contributed by atoms with E-state index in [1.165, 1.54) is 0 Å². The lowest BCUT2D eigenvalue weighted by Gasteiger charge is -2.34. The zero-order valence-electron chi connectivity index (χ0n) is 7.83. The molecule has 1 amide bonds. The predicted octanol–water partition coefficient (Wildman–Crippen LogP) is 1.43. The van der Waals surface area contributed by atoms with Crippen molar-refractivity contribution in [3.8, 4) is 0 Å². The van der Waals surface area contributed by atoms with Crippen molar-refractivity contribution >= 4 is 17.7 Å². The third kappa shape index (κ3) is 3.04. The number of morpholine rings is 1. The highest BCUT2D eigenvalue weighted by molar-refractivity contribution is 6.17. The second kappa shape index (κ2) is 4.67. The second-order valence-electron chi connectivity index (χ2n) is 3.18. The van der Waals surface area contributed by atoms with Gasteiger partial charge in [0.25, 0.3) is 0 Å². The van der Waals surface area contributed by atoms with Gasteiger partial charge in [-0.1, -0.05) is 11.6 Å². The molecule has 0 aromatic heterocycles. The largest absolute Gasteiger partial charge is 0.433 e. The van der Waals surface area contributed by atoms with E-state index in [0.717, 1.165) is 0 Å². The SMILES string of the molecule is C[C@@H]1CN(C(=O)OCCl)C[C@H](C)O1. The normalized spacial score (nSPS) is 28.7. The van der Waals surface area contributed by atoms with E-state index >= 15 is 0 Å². The molecule has 76 valence electrons. The molecule has 1 saturated heterocycles. The van der Waals surface area contributed by atoms with E-state index in [4.69, 9.17) is 16.3 Å². The molecule has 13 heavy (non-hydrogen) atoms. The van der Waals surface area contributed by atoms with Crippen LogP contribution in [-0.4, -0.2) is 42.4 Å². The fourth-order valence-corrected chi connectivity index (χ4v) is 1.56. The van der Waals surface area contributed by atoms with Crippen LogP contribution in [0.4, 0.5) is 4.79 Å². The van der Waals surface area contributed by atoms with Crippen LogP contribution < -0.4 is 0 Å². The van der Waals surface area contributed by atoms with Crippen LogP contribution >= 0.6 is 11.6 Å². The molecule has 1 aliphatic heterocycles. The van der Waals surface area contributed by atoms with Gasteiger partial charge in [0.15, 0.2) is 6.07 Å². The maximum Gasteiger partial charge on any atom is 0.411 e. The third-order valence-corrected chi connectivity index (χ3v) is 1.96. The molecule has 0 spiro atoms. The molecule has 1 fully saturated rings. The van der Waals surface area contributed by atoms with E-state index in [1.807, 2.05) is 13.8 Å². The third-order valence-electron chi connectivity index (χ3n) is 1.86. The number of hydrogen-bond acceptors (Lipinski definition) is 3. The molecule has 0 aliphatic carbocycles. The molecule has 4 nitrogen and oxygen atoms in total. The molecule has 1 rings (SSSR count). The lowest BCUT2D eigenvalue weighted by Crippen LogP contribution is -2.48. The summed E-state index contributed by atoms with van der Waals surface area (Å²) in [6.07, 6.45) is -0.241. The highest BCUT2D eigenvalue weighted by Crippen LogP contribution is 2.11. The summed E-state index contributed by atoms with van der Waals surface area (Å²) in [6.45, 7) is 4.99. The highest BCUT2D eigenvalue weighted by atomic mass is 35.5. The monoisotopic (exact) mass is 207 g/mol. The number of hydrogen-bond donors (Lipinski definition) is 0. The summed E-state index contributed by atoms with van der Waals surface area (Å²) in [4.78, 5) is 12.9. The molecule has 1 heterocycles. The Bertz CT molecular complexity index is 178. The number of rotatable bonds is 1. The Kier molecular flexibility index (Phi) is 3.81. The summed E-state index contributed by atoms with van der Waals surface area (Å²) in [6, 6.07) is -0.0983. The number of halogens is 1. The van der Waals surface area contributed by atoms with Crippen LogP contribution in [0.25, 0.3) is 0 Å². The average molecular weight is 208 g/mol. The minimum absolute atomic E-state index is 0.0617. The van der Waals surface area contributed by atoms with Crippen LogP contribution in [0.2, 0.25) is 0 Å². The first kappa shape index (κ1) is 10.6. The lowest BCUT2D eigenvalue weighted by atomic mass is 10.2. The summed E-state index contributed by atoms with van der Waals surface area (Å²) in [7, 11) is 0. The van der Waals surface area contributed by atoms with Gasteiger partial charge in [0.05, 0.1) is 25.3 Å². The van der Waals surface area contributed by atoms with Gasteiger partial charge in [-0.3, -0.25) is 0 Å². The standard InChI is InChI=1S/C8H14ClNO3/c1-6-3-10(4-7(2)13-6)8(11)12-5-9/h6-7H,3-5H2,1-2H3/t6-,7+. The number of carbonyl (C=O) groups is 1. The van der Waals surface area contributed by atoms with Gasteiger partial charge in [-0.15, -0.1) is 0 Å². The average Bonchev–Trinajstić information content (AvgIpc) is 2.03. The van der Waals surface area contributed by atoms with E-state index in [-0.39, 0.29) is 24.4 Å². The van der Waals surface area contributed by atoms with Gasteiger partial charge in [0, 0.05) is 0 Å². The predicted molar refractivity (Wildman–Crippen MR) is 48.8 cm³/mol. The molecule has 0 radical (unpaired) electrons. The van der Waals surface area contributed by atoms with E-state index in [9.17, 15) is 4.79 Å². The molecule has 1 aliphatic rings. The van der Waals surface area contributed by atoms with E-state index in [2.05, 4.69) is 4.74 Å². The molecular formula is C8H14ClNO3. The van der Waals surface area contributed by atoms with Gasteiger partial charge in [-0.25, -0.2) is 4.79 Å². The van der Waals surface area contributed by atoms with E-state index in [0.29, 0.717) is 13.1 Å². The molecule has 0 saturated carbocycles. The fraction of sp³-hybridized carbons (Fsp3) is 0.875. The molecule has 0 aromatic rings. The van der Waals surface area contributed by atoms with Crippen molar-refractivity contribution in [3.05, 3.63) is 0 Å². The van der Waals surface area contributed by atoms with Gasteiger partial charge in [-0.2, -0.15) is 0 Å². The molecule has 0 aromatic carbocycles. The first-order valence-corrected chi connectivity index (χ1v) is 4.80. The van der Waals surface area contributed by atoms with Crippen LogP contribution in [0.3, 0.4) is 0 Å². The minimum atomic E-state index is -0.364. The number of nitrogens with zero attached hydrogens (tertiary/aromatic N) is 1. The van der Waals surface area contributed by atoms with Crippen LogP contribution in [0, 0.1) is 0 Å². The molecular weight excluding hydrogens is 194 g/mol. The molecule has 0 bridgehead atoms. The van der Waals surface area contributed by atoms with Crippen molar-refractivity contribution in [1.29, 1.82) is 0 Å². The van der Waals surface area contributed by atoms with E-state index in [1.54, 1.807) is 4.90 Å². The summed E-state index contributed by atoms with van der Waals surface area (Å²) in [5.41, 5.74) is 0. The van der Waals surface area contributed by atoms with Gasteiger partial charge in [0.2, 0.25) is 0 Å². The van der Waals surface area contributed by atoms with Gasteiger partial charge >= 0.3 is 6.09 Å². The minimum Gasteiger partial charge on any atom is -0.433 e. The van der Waals surface area contributed by atoms with Crippen molar-refractivity contribution in [2.45, 2.75) is 26.1 Å². The lowest BCUT2D eigenvalue weighted by molar-refractivity contribution is -0.0625. The molecule has 5 heteroatoms. The van der Waals surface area contributed by atoms with Crippen molar-refractivity contribution < 1.29 is 14.3 Å². The Morgan fingerprint density at radius 3 is 2.54 bits per heavy atom. The Morgan fingerprint density at radius 2 is 2.08 bits per heavy atom. The maximum absolute atomic E-state index is 11.3. The van der Waals surface area contributed by atoms with Crippen LogP contribution in [0.1, 0.15) is 13.8 Å². The summed E-state index contributed by atoms with van der Waals surface area (Å²) >= 11 is 5.29. The van der Waals surface area contributed by atoms with Crippen LogP contribution in [0.15, 0.2) is 0 Å². The number of amides is 1. The summed E-state index contributed by atoms with van der Waals surface area (Å²) in [5.74, 6) is 0. The quantitative estimate of drug-likeness (QED) is 0.611. The van der Waals surface area contributed by atoms with Crippen LogP contribution in [0.5, 0.6) is 0 Å². The second-order valence-corrected chi connectivity index (χ2v) is 3.40. The van der Waals surface area contributed by atoms with Gasteiger partial charge in [-0.05, 0) is 13.8 Å². The van der Waals surface area contributed by atoms with E-state index < -0.39 is 0 Å². The van der Waals surface area contributed by atoms with Crippen LogP contribution in [-0.2, 0) is 9.47 Å². The number of alkyl halides is 1. The van der Waals surface area contributed by atoms with Crippen molar-refractivity contribution in [2.75, 3.05) is 19.2 Å². The Labute approximate surface area is 82.7 Å². The Hall–Kier alpha value is -0.480. The molecule has 0 N–H and O–H groups in total. The first-order valence-electron chi connectivity index (χ1n) is 4.26. The van der Waals surface area contributed by atoms with Crippen molar-refractivity contribution in [3.63, 3.8) is 0 Å². The van der Waals surface area contributed by atoms with Gasteiger partial charge in [0.1, 0.15) is 0 Å². The Balaban J connectivity index is 2.45. The fourth-order valence-electron chi connectivity index (χ4n) is 1.46. The number of carbonyl (C=O) groups excluding carboxylic acids is 1.